The minimum atomic E-state index is 0.330. The van der Waals surface area contributed by atoms with Crippen molar-refractivity contribution >= 4 is 5.91 Å². The summed E-state index contributed by atoms with van der Waals surface area (Å²) < 4.78 is 0. The predicted octanol–water partition coefficient (Wildman–Crippen LogP) is -0.486. The standard InChI is InChI=1S/C13H25N3O/c1-2-13(17)16-7-3-12(4-8-16)11-15-9-5-14-6-10-15/h12,14H,2-11H2,1H3/p+1. The van der Waals surface area contributed by atoms with Gasteiger partial charge in [-0.1, -0.05) is 6.92 Å². The van der Waals surface area contributed by atoms with Crippen LogP contribution in [0.4, 0.5) is 0 Å². The Balaban J connectivity index is 1.69. The van der Waals surface area contributed by atoms with Crippen LogP contribution < -0.4 is 5.32 Å². The van der Waals surface area contributed by atoms with E-state index in [1.807, 2.05) is 11.8 Å². The highest BCUT2D eigenvalue weighted by molar-refractivity contribution is 5.75. The number of hydrogen-bond acceptors (Lipinski definition) is 2. The van der Waals surface area contributed by atoms with Crippen molar-refractivity contribution in [2.24, 2.45) is 5.92 Å². The molecule has 0 aromatic rings. The lowest BCUT2D eigenvalue weighted by Gasteiger charge is -2.35. The largest absolute Gasteiger partial charge is 0.344 e. The molecule has 1 amide bonds. The van der Waals surface area contributed by atoms with Gasteiger partial charge in [-0.25, -0.2) is 0 Å². The molecule has 0 aromatic heterocycles. The summed E-state index contributed by atoms with van der Waals surface area (Å²) in [6.45, 7) is 10.2. The average molecular weight is 240 g/mol. The van der Waals surface area contributed by atoms with Gasteiger partial charge in [0.15, 0.2) is 0 Å². The summed E-state index contributed by atoms with van der Waals surface area (Å²) in [6.07, 6.45) is 3.06. The number of carbonyl (C=O) groups is 1. The number of likely N-dealkylation sites (tertiary alicyclic amines) is 1. The van der Waals surface area contributed by atoms with E-state index in [4.69, 9.17) is 0 Å². The molecule has 0 unspecified atom stereocenters. The van der Waals surface area contributed by atoms with Crippen molar-refractivity contribution in [3.05, 3.63) is 0 Å². The van der Waals surface area contributed by atoms with E-state index < -0.39 is 0 Å². The molecular weight excluding hydrogens is 214 g/mol. The molecule has 0 bridgehead atoms. The zero-order valence-electron chi connectivity index (χ0n) is 11.0. The molecule has 2 fully saturated rings. The van der Waals surface area contributed by atoms with Gasteiger partial charge < -0.3 is 10.2 Å². The van der Waals surface area contributed by atoms with Gasteiger partial charge in [0.25, 0.3) is 0 Å². The average Bonchev–Trinajstić information content (AvgIpc) is 2.40. The molecule has 0 saturated carbocycles. The highest BCUT2D eigenvalue weighted by Crippen LogP contribution is 2.18. The monoisotopic (exact) mass is 240 g/mol. The zero-order chi connectivity index (χ0) is 12.1. The smallest absolute Gasteiger partial charge is 0.222 e. The summed E-state index contributed by atoms with van der Waals surface area (Å²) in [5.41, 5.74) is 0. The lowest BCUT2D eigenvalue weighted by Crippen LogP contribution is -2.89. The van der Waals surface area contributed by atoms with Crippen LogP contribution in [0.15, 0.2) is 0 Å². The lowest BCUT2D eigenvalue weighted by atomic mass is 9.96. The first-order valence-electron chi connectivity index (χ1n) is 7.11. The molecule has 4 heteroatoms. The fourth-order valence-electron chi connectivity index (χ4n) is 2.94. The van der Waals surface area contributed by atoms with Gasteiger partial charge in [-0.05, 0) is 18.8 Å². The zero-order valence-corrected chi connectivity index (χ0v) is 11.0. The third kappa shape index (κ3) is 3.68. The number of hydrogen-bond donors (Lipinski definition) is 1. The SMILES string of the molecule is CCC(=O)N1CCC(CN2CC[NH2+]CC2)CC1. The highest BCUT2D eigenvalue weighted by Gasteiger charge is 2.24. The first-order chi connectivity index (χ1) is 8.29. The van der Waals surface area contributed by atoms with Crippen molar-refractivity contribution in [3.8, 4) is 0 Å². The minimum absolute atomic E-state index is 0.330. The van der Waals surface area contributed by atoms with Gasteiger partial charge in [-0.15, -0.1) is 0 Å². The third-order valence-electron chi connectivity index (χ3n) is 4.08. The Hall–Kier alpha value is -0.610. The van der Waals surface area contributed by atoms with Crippen molar-refractivity contribution < 1.29 is 10.1 Å². The van der Waals surface area contributed by atoms with Gasteiger partial charge in [-0.3, -0.25) is 9.69 Å². The number of nitrogens with two attached hydrogens (primary N) is 1. The van der Waals surface area contributed by atoms with E-state index in [1.54, 1.807) is 0 Å². The molecule has 2 heterocycles. The van der Waals surface area contributed by atoms with Crippen LogP contribution in [0.1, 0.15) is 26.2 Å². The molecule has 2 aliphatic rings. The fourth-order valence-corrected chi connectivity index (χ4v) is 2.94. The van der Waals surface area contributed by atoms with Crippen LogP contribution in [0.2, 0.25) is 0 Å². The molecule has 0 radical (unpaired) electrons. The Morgan fingerprint density at radius 3 is 2.41 bits per heavy atom. The minimum Gasteiger partial charge on any atom is -0.344 e. The summed E-state index contributed by atoms with van der Waals surface area (Å²) in [4.78, 5) is 16.2. The highest BCUT2D eigenvalue weighted by atomic mass is 16.2. The van der Waals surface area contributed by atoms with E-state index >= 15 is 0 Å². The van der Waals surface area contributed by atoms with Gasteiger partial charge in [0, 0.05) is 39.1 Å². The van der Waals surface area contributed by atoms with Crippen LogP contribution in [0.25, 0.3) is 0 Å². The predicted molar refractivity (Wildman–Crippen MR) is 67.7 cm³/mol. The third-order valence-corrected chi connectivity index (χ3v) is 4.08. The summed E-state index contributed by atoms with van der Waals surface area (Å²) in [5, 5.41) is 2.40. The second kappa shape index (κ2) is 6.36. The van der Waals surface area contributed by atoms with Crippen molar-refractivity contribution in [1.82, 2.24) is 9.80 Å². The Morgan fingerprint density at radius 2 is 1.82 bits per heavy atom. The number of nitrogens with zero attached hydrogens (tertiary/aromatic N) is 2. The van der Waals surface area contributed by atoms with Crippen molar-refractivity contribution in [2.75, 3.05) is 45.8 Å². The topological polar surface area (TPSA) is 40.2 Å². The number of piperidine rings is 1. The fraction of sp³-hybridized carbons (Fsp3) is 0.923. The second-order valence-electron chi connectivity index (χ2n) is 5.34. The number of quaternary nitrogens is 1. The molecule has 0 aliphatic carbocycles. The first-order valence-corrected chi connectivity index (χ1v) is 7.11. The maximum Gasteiger partial charge on any atom is 0.222 e. The molecule has 2 saturated heterocycles. The Bertz CT molecular complexity index is 243. The van der Waals surface area contributed by atoms with Crippen molar-refractivity contribution in [2.45, 2.75) is 26.2 Å². The van der Waals surface area contributed by atoms with Crippen molar-refractivity contribution in [3.63, 3.8) is 0 Å². The van der Waals surface area contributed by atoms with E-state index in [0.717, 1.165) is 19.0 Å². The summed E-state index contributed by atoms with van der Waals surface area (Å²) in [7, 11) is 0. The number of rotatable bonds is 3. The summed E-state index contributed by atoms with van der Waals surface area (Å²) in [5.74, 6) is 1.14. The normalized spacial score (nSPS) is 23.9. The number of carbonyl (C=O) groups excluding carboxylic acids is 1. The number of amides is 1. The van der Waals surface area contributed by atoms with Crippen LogP contribution in [0.3, 0.4) is 0 Å². The molecule has 98 valence electrons. The van der Waals surface area contributed by atoms with Crippen LogP contribution in [-0.4, -0.2) is 61.5 Å². The first kappa shape index (κ1) is 12.8. The van der Waals surface area contributed by atoms with Crippen LogP contribution in [-0.2, 0) is 4.79 Å². The maximum absolute atomic E-state index is 11.6. The Morgan fingerprint density at radius 1 is 1.18 bits per heavy atom. The van der Waals surface area contributed by atoms with Crippen LogP contribution in [0.5, 0.6) is 0 Å². The Labute approximate surface area is 104 Å². The molecular formula is C13H26N3O+. The quantitative estimate of drug-likeness (QED) is 0.723. The lowest BCUT2D eigenvalue weighted by molar-refractivity contribution is -0.663. The summed E-state index contributed by atoms with van der Waals surface area (Å²) in [6, 6.07) is 0. The molecule has 2 rings (SSSR count). The summed E-state index contributed by atoms with van der Waals surface area (Å²) >= 11 is 0. The van der Waals surface area contributed by atoms with Gasteiger partial charge in [0.05, 0.1) is 13.1 Å². The van der Waals surface area contributed by atoms with Gasteiger partial charge >= 0.3 is 0 Å². The number of piperazine rings is 1. The van der Waals surface area contributed by atoms with Crippen LogP contribution in [0, 0.1) is 5.92 Å². The maximum atomic E-state index is 11.6. The van der Waals surface area contributed by atoms with E-state index in [9.17, 15) is 4.79 Å². The Kier molecular flexibility index (Phi) is 4.80. The molecule has 17 heavy (non-hydrogen) atoms. The second-order valence-corrected chi connectivity index (χ2v) is 5.34. The van der Waals surface area contributed by atoms with Crippen LogP contribution >= 0.6 is 0 Å². The molecule has 0 spiro atoms. The van der Waals surface area contributed by atoms with E-state index in [1.165, 1.54) is 45.6 Å². The van der Waals surface area contributed by atoms with E-state index in [0.29, 0.717) is 12.3 Å². The molecule has 4 nitrogen and oxygen atoms in total. The van der Waals surface area contributed by atoms with Crippen molar-refractivity contribution in [1.29, 1.82) is 0 Å². The van der Waals surface area contributed by atoms with Gasteiger partial charge in [-0.2, -0.15) is 0 Å². The van der Waals surface area contributed by atoms with E-state index in [-0.39, 0.29) is 0 Å². The molecule has 0 aromatic carbocycles. The molecule has 0 atom stereocenters. The van der Waals surface area contributed by atoms with Gasteiger partial charge in [0.1, 0.15) is 0 Å². The molecule has 2 aliphatic heterocycles. The van der Waals surface area contributed by atoms with Gasteiger partial charge in [0.2, 0.25) is 5.91 Å². The molecule has 2 N–H and O–H groups in total. The van der Waals surface area contributed by atoms with E-state index in [2.05, 4.69) is 10.2 Å².